The fourth-order valence-corrected chi connectivity index (χ4v) is 16.6. The van der Waals surface area contributed by atoms with Crippen molar-refractivity contribution in [1.82, 2.24) is 0 Å². The van der Waals surface area contributed by atoms with Crippen LogP contribution in [0.3, 0.4) is 0 Å². The van der Waals surface area contributed by atoms with E-state index in [4.69, 9.17) is 0 Å². The fourth-order valence-electron chi connectivity index (χ4n) is 14.0. The maximum atomic E-state index is 2.55. The molecular weight excluding hydrogens is 1000 g/mol. The molecule has 80 heavy (non-hydrogen) atoms. The number of para-hydroxylation sites is 2. The smallest absolute Gasteiger partial charge is 0.0560 e. The SMILES string of the molecule is CC1(C)c2ccccc2-c2ccc(C3=CCC(N(c4ccccc4)c4ccc5c(c4)sc4c6sc7cc(N(c8ccccc8)c8ccc(-c9ccc%10c(c9)C(C)(C)c9ccccc9-%10)cc8)ccc7c6c6ccccc6c54)C=C3)cc21. The van der Waals surface area contributed by atoms with Gasteiger partial charge in [-0.2, -0.15) is 0 Å². The highest BCUT2D eigenvalue weighted by molar-refractivity contribution is 7.34. The minimum absolute atomic E-state index is 0.0339. The number of thiophene rings is 2. The van der Waals surface area contributed by atoms with Crippen molar-refractivity contribution in [2.75, 3.05) is 9.80 Å². The molecule has 0 saturated carbocycles. The highest BCUT2D eigenvalue weighted by atomic mass is 32.1. The monoisotopic (exact) mass is 1060 g/mol. The van der Waals surface area contributed by atoms with Crippen LogP contribution < -0.4 is 9.80 Å². The molecule has 3 aliphatic rings. The van der Waals surface area contributed by atoms with Gasteiger partial charge in [-0.3, -0.25) is 0 Å². The average molecular weight is 1060 g/mol. The molecule has 2 nitrogen and oxygen atoms in total. The summed E-state index contributed by atoms with van der Waals surface area (Å²) < 4.78 is 5.31. The molecule has 0 radical (unpaired) electrons. The van der Waals surface area contributed by atoms with Crippen LogP contribution in [0, 0.1) is 0 Å². The van der Waals surface area contributed by atoms with Gasteiger partial charge in [0.1, 0.15) is 0 Å². The summed E-state index contributed by atoms with van der Waals surface area (Å²) >= 11 is 3.88. The molecule has 0 fully saturated rings. The van der Waals surface area contributed by atoms with Crippen molar-refractivity contribution < 1.29 is 0 Å². The van der Waals surface area contributed by atoms with Crippen LogP contribution in [0.15, 0.2) is 249 Å². The minimum atomic E-state index is -0.0475. The number of anilines is 5. The summed E-state index contributed by atoms with van der Waals surface area (Å²) in [4.78, 5) is 4.96. The maximum absolute atomic E-state index is 2.55. The van der Waals surface area contributed by atoms with Gasteiger partial charge in [0.25, 0.3) is 0 Å². The van der Waals surface area contributed by atoms with Crippen molar-refractivity contribution in [3.8, 4) is 33.4 Å². The summed E-state index contributed by atoms with van der Waals surface area (Å²) in [5, 5.41) is 7.94. The molecule has 2 heterocycles. The summed E-state index contributed by atoms with van der Waals surface area (Å²) in [6, 6.07) is 86.5. The topological polar surface area (TPSA) is 6.48 Å². The van der Waals surface area contributed by atoms with E-state index >= 15 is 0 Å². The lowest BCUT2D eigenvalue weighted by Crippen LogP contribution is -2.30. The van der Waals surface area contributed by atoms with E-state index in [0.717, 1.165) is 23.5 Å². The lowest BCUT2D eigenvalue weighted by Gasteiger charge is -2.33. The summed E-state index contributed by atoms with van der Waals surface area (Å²) in [5.41, 5.74) is 21.8. The van der Waals surface area contributed by atoms with Gasteiger partial charge < -0.3 is 9.80 Å². The van der Waals surface area contributed by atoms with Crippen LogP contribution in [0.2, 0.25) is 0 Å². The molecular formula is C76H56N2S2. The Morgan fingerprint density at radius 1 is 0.375 bits per heavy atom. The minimum Gasteiger partial charge on any atom is -0.334 e. The molecule has 1 atom stereocenters. The molecule has 382 valence electrons. The van der Waals surface area contributed by atoms with E-state index in [2.05, 4.69) is 286 Å². The summed E-state index contributed by atoms with van der Waals surface area (Å²) in [6.07, 6.45) is 8.14. The number of allylic oxidation sites excluding steroid dienone is 2. The Morgan fingerprint density at radius 2 is 0.838 bits per heavy atom. The van der Waals surface area contributed by atoms with E-state index < -0.39 is 0 Å². The molecule has 0 bridgehead atoms. The zero-order valence-corrected chi connectivity index (χ0v) is 46.8. The molecule has 4 heteroatoms. The number of rotatable bonds is 8. The zero-order chi connectivity index (χ0) is 53.4. The largest absolute Gasteiger partial charge is 0.334 e. The molecule has 0 saturated heterocycles. The Hall–Kier alpha value is -8.80. The molecule has 0 spiro atoms. The molecule has 3 aliphatic carbocycles. The molecule has 0 aliphatic heterocycles. The summed E-state index contributed by atoms with van der Waals surface area (Å²) in [5.74, 6) is 0. The Labute approximate surface area is 475 Å². The van der Waals surface area contributed by atoms with Gasteiger partial charge in [0.05, 0.1) is 15.4 Å². The van der Waals surface area contributed by atoms with Gasteiger partial charge >= 0.3 is 0 Å². The second-order valence-electron chi connectivity index (χ2n) is 23.1. The predicted molar refractivity (Wildman–Crippen MR) is 346 cm³/mol. The van der Waals surface area contributed by atoms with Crippen LogP contribution in [0.5, 0.6) is 0 Å². The fraction of sp³-hybridized carbons (Fsp3) is 0.105. The quantitative estimate of drug-likeness (QED) is 0.150. The zero-order valence-electron chi connectivity index (χ0n) is 45.2. The Balaban J connectivity index is 0.761. The van der Waals surface area contributed by atoms with Gasteiger partial charge in [0.2, 0.25) is 0 Å². The van der Waals surface area contributed by atoms with Crippen molar-refractivity contribution in [2.45, 2.75) is 51.0 Å². The van der Waals surface area contributed by atoms with Crippen molar-refractivity contribution in [3.05, 3.63) is 277 Å². The maximum Gasteiger partial charge on any atom is 0.0560 e. The van der Waals surface area contributed by atoms with Crippen LogP contribution >= 0.6 is 22.7 Å². The third-order valence-electron chi connectivity index (χ3n) is 18.0. The first-order valence-electron chi connectivity index (χ1n) is 28.1. The van der Waals surface area contributed by atoms with E-state index in [0.29, 0.717) is 0 Å². The second kappa shape index (κ2) is 17.9. The molecule has 11 aromatic carbocycles. The summed E-state index contributed by atoms with van der Waals surface area (Å²) in [6.45, 7) is 9.45. The van der Waals surface area contributed by atoms with Gasteiger partial charge in [0, 0.05) is 70.2 Å². The third kappa shape index (κ3) is 7.15. The molecule has 0 N–H and O–H groups in total. The van der Waals surface area contributed by atoms with E-state index in [9.17, 15) is 0 Å². The van der Waals surface area contributed by atoms with Crippen LogP contribution in [-0.4, -0.2) is 6.04 Å². The molecule has 1 unspecified atom stereocenters. The van der Waals surface area contributed by atoms with E-state index in [1.807, 2.05) is 22.7 Å². The van der Waals surface area contributed by atoms with Crippen molar-refractivity contribution in [2.24, 2.45) is 0 Å². The average Bonchev–Trinajstić information content (AvgIpc) is 4.22. The van der Waals surface area contributed by atoms with E-state index in [1.54, 1.807) is 0 Å². The first kappa shape index (κ1) is 47.2. The van der Waals surface area contributed by atoms with Gasteiger partial charge in [-0.1, -0.05) is 204 Å². The number of benzene rings is 11. The van der Waals surface area contributed by atoms with Gasteiger partial charge in [-0.15, -0.1) is 22.7 Å². The van der Waals surface area contributed by atoms with Crippen LogP contribution in [-0.2, 0) is 10.8 Å². The lowest BCUT2D eigenvalue weighted by molar-refractivity contribution is 0.660. The molecule has 0 amide bonds. The first-order valence-corrected chi connectivity index (χ1v) is 29.7. The highest BCUT2D eigenvalue weighted by Gasteiger charge is 2.37. The normalized spacial score (nSPS) is 15.6. The van der Waals surface area contributed by atoms with Crippen LogP contribution in [0.1, 0.15) is 61.9 Å². The van der Waals surface area contributed by atoms with Crippen molar-refractivity contribution >= 4 is 108 Å². The standard InChI is InChI=1S/C76H56N2S2/c1-75(2)65-25-15-13-21-57(65)59-39-31-49(43-67(59)75)47-27-33-53(34-28-47)77(51-17-7-5-8-18-51)55-37-41-63-69(45-55)79-73-71(63)61-23-11-12-24-62(61)72-64-42-38-56(46-70(64)80-74(72)73)78(52-19-9-6-10-20-52)54-35-29-48(30-36-54)50-32-40-60-58-22-14-16-26-66(58)76(3,4)68(60)44-50/h5-35,37-46,54H,36H2,1-4H3. The Kier molecular flexibility index (Phi) is 10.5. The number of fused-ring (bicyclic) bond motifs is 16. The molecule has 13 aromatic rings. The lowest BCUT2D eigenvalue weighted by atomic mass is 9.81. The molecule has 16 rings (SSSR count). The Morgan fingerprint density at radius 3 is 1.43 bits per heavy atom. The van der Waals surface area contributed by atoms with Gasteiger partial charge in [0.15, 0.2) is 0 Å². The van der Waals surface area contributed by atoms with E-state index in [-0.39, 0.29) is 16.9 Å². The van der Waals surface area contributed by atoms with Crippen LogP contribution in [0.25, 0.3) is 90.1 Å². The second-order valence-corrected chi connectivity index (χ2v) is 25.2. The third-order valence-corrected chi connectivity index (χ3v) is 20.4. The van der Waals surface area contributed by atoms with Crippen LogP contribution in [0.4, 0.5) is 28.4 Å². The van der Waals surface area contributed by atoms with E-state index in [1.165, 1.54) is 129 Å². The van der Waals surface area contributed by atoms with Crippen molar-refractivity contribution in [1.29, 1.82) is 0 Å². The number of hydrogen-bond acceptors (Lipinski definition) is 4. The van der Waals surface area contributed by atoms with Gasteiger partial charge in [-0.05, 0) is 157 Å². The summed E-state index contributed by atoms with van der Waals surface area (Å²) in [7, 11) is 0. The van der Waals surface area contributed by atoms with Gasteiger partial charge in [-0.25, -0.2) is 0 Å². The van der Waals surface area contributed by atoms with Crippen molar-refractivity contribution in [3.63, 3.8) is 0 Å². The Bertz CT molecular complexity index is 4740. The number of nitrogens with zero attached hydrogens (tertiary/aromatic N) is 2. The predicted octanol–water partition coefficient (Wildman–Crippen LogP) is 21.9. The first-order chi connectivity index (χ1) is 39.2. The number of hydrogen-bond donors (Lipinski definition) is 0. The highest BCUT2D eigenvalue weighted by Crippen LogP contribution is 2.54. The molecule has 2 aromatic heterocycles.